The van der Waals surface area contributed by atoms with Crippen LogP contribution in [0, 0.1) is 26.7 Å². The number of amides is 1. The summed E-state index contributed by atoms with van der Waals surface area (Å²) in [5.41, 5.74) is 9.65. The number of nitrogens with zero attached hydrogens (tertiary/aromatic N) is 1. The van der Waals surface area contributed by atoms with Crippen LogP contribution in [0.1, 0.15) is 23.6 Å². The molecule has 0 saturated heterocycles. The van der Waals surface area contributed by atoms with E-state index in [0.717, 1.165) is 28.1 Å². The van der Waals surface area contributed by atoms with Gasteiger partial charge in [0.25, 0.3) is 0 Å². The van der Waals surface area contributed by atoms with Gasteiger partial charge in [0, 0.05) is 19.5 Å². The zero-order valence-electron chi connectivity index (χ0n) is 12.7. The molecular weight excluding hydrogens is 240 g/mol. The molecule has 0 saturated carbocycles. The first kappa shape index (κ1) is 15.5. The average molecular weight is 264 g/mol. The average Bonchev–Trinajstić information content (AvgIpc) is 2.39. The Balaban J connectivity index is 3.34. The van der Waals surface area contributed by atoms with E-state index in [-0.39, 0.29) is 11.8 Å². The number of benzene rings is 1. The molecule has 19 heavy (non-hydrogen) atoms. The van der Waals surface area contributed by atoms with Gasteiger partial charge >= 0.3 is 0 Å². The van der Waals surface area contributed by atoms with Crippen LogP contribution in [0.3, 0.4) is 0 Å². The maximum absolute atomic E-state index is 12.3. The van der Waals surface area contributed by atoms with Gasteiger partial charge in [-0.3, -0.25) is 4.79 Å². The van der Waals surface area contributed by atoms with Gasteiger partial charge in [0.05, 0.1) is 12.8 Å². The van der Waals surface area contributed by atoms with Gasteiger partial charge in [-0.1, -0.05) is 13.0 Å². The summed E-state index contributed by atoms with van der Waals surface area (Å²) in [5.74, 6) is 0.570. The number of hydrogen-bond acceptors (Lipinski definition) is 3. The molecule has 2 N–H and O–H groups in total. The SMILES string of the molecule is COc1c(C)c(C)cc(C)c1N(C)C(=O)C(C)CN. The third-order valence-electron chi connectivity index (χ3n) is 3.60. The molecule has 0 heterocycles. The molecule has 0 fully saturated rings. The van der Waals surface area contributed by atoms with Crippen LogP contribution >= 0.6 is 0 Å². The van der Waals surface area contributed by atoms with Crippen molar-refractivity contribution >= 4 is 11.6 Å². The standard InChI is InChI=1S/C15H24N2O2/c1-9-7-10(2)13(14(19-6)12(9)4)17(5)15(18)11(3)8-16/h7,11H,8,16H2,1-6H3. The van der Waals surface area contributed by atoms with Gasteiger partial charge in [-0.05, 0) is 37.5 Å². The summed E-state index contributed by atoms with van der Waals surface area (Å²) < 4.78 is 5.50. The summed E-state index contributed by atoms with van der Waals surface area (Å²) in [6.45, 7) is 8.21. The number of hydrogen-bond donors (Lipinski definition) is 1. The molecule has 0 aliphatic rings. The predicted molar refractivity (Wildman–Crippen MR) is 78.8 cm³/mol. The second kappa shape index (κ2) is 6.06. The molecule has 0 spiro atoms. The molecule has 0 radical (unpaired) electrons. The molecule has 0 bridgehead atoms. The molecule has 4 nitrogen and oxygen atoms in total. The van der Waals surface area contributed by atoms with Crippen LogP contribution < -0.4 is 15.4 Å². The van der Waals surface area contributed by atoms with Crippen LogP contribution in [0.15, 0.2) is 6.07 Å². The highest BCUT2D eigenvalue weighted by atomic mass is 16.5. The normalized spacial score (nSPS) is 12.2. The second-order valence-electron chi connectivity index (χ2n) is 5.05. The van der Waals surface area contributed by atoms with E-state index in [9.17, 15) is 4.79 Å². The van der Waals surface area contributed by atoms with Gasteiger partial charge in [-0.15, -0.1) is 0 Å². The maximum Gasteiger partial charge on any atom is 0.230 e. The quantitative estimate of drug-likeness (QED) is 0.907. The molecule has 0 aromatic heterocycles. The molecule has 1 aromatic carbocycles. The van der Waals surface area contributed by atoms with Crippen molar-refractivity contribution in [2.45, 2.75) is 27.7 Å². The van der Waals surface area contributed by atoms with Crippen LogP contribution in [-0.4, -0.2) is 26.6 Å². The van der Waals surface area contributed by atoms with Crippen molar-refractivity contribution in [3.05, 3.63) is 22.8 Å². The van der Waals surface area contributed by atoms with Gasteiger partial charge in [0.15, 0.2) is 0 Å². The molecule has 0 aliphatic carbocycles. The minimum Gasteiger partial charge on any atom is -0.494 e. The highest BCUT2D eigenvalue weighted by Gasteiger charge is 2.23. The van der Waals surface area contributed by atoms with Gasteiger partial charge < -0.3 is 15.4 Å². The Kier molecular flexibility index (Phi) is 4.95. The number of anilines is 1. The van der Waals surface area contributed by atoms with Crippen molar-refractivity contribution in [3.63, 3.8) is 0 Å². The van der Waals surface area contributed by atoms with Crippen LogP contribution in [0.25, 0.3) is 0 Å². The number of carbonyl (C=O) groups is 1. The molecular formula is C15H24N2O2. The second-order valence-corrected chi connectivity index (χ2v) is 5.05. The van der Waals surface area contributed by atoms with Gasteiger partial charge in [0.2, 0.25) is 5.91 Å². The summed E-state index contributed by atoms with van der Waals surface area (Å²) >= 11 is 0. The first-order valence-corrected chi connectivity index (χ1v) is 6.47. The first-order valence-electron chi connectivity index (χ1n) is 6.47. The van der Waals surface area contributed by atoms with E-state index in [1.54, 1.807) is 19.1 Å². The van der Waals surface area contributed by atoms with Crippen molar-refractivity contribution in [1.82, 2.24) is 0 Å². The minimum absolute atomic E-state index is 0.00662. The monoisotopic (exact) mass is 264 g/mol. The molecule has 1 aromatic rings. The van der Waals surface area contributed by atoms with E-state index in [0.29, 0.717) is 6.54 Å². The van der Waals surface area contributed by atoms with Crippen molar-refractivity contribution in [2.24, 2.45) is 11.7 Å². The predicted octanol–water partition coefficient (Wildman–Crippen LogP) is 2.18. The van der Waals surface area contributed by atoms with Crippen molar-refractivity contribution in [2.75, 3.05) is 25.6 Å². The van der Waals surface area contributed by atoms with Crippen LogP contribution in [0.4, 0.5) is 5.69 Å². The van der Waals surface area contributed by atoms with Crippen molar-refractivity contribution < 1.29 is 9.53 Å². The number of nitrogens with two attached hydrogens (primary N) is 1. The smallest absolute Gasteiger partial charge is 0.230 e. The van der Waals surface area contributed by atoms with E-state index in [1.807, 2.05) is 27.7 Å². The molecule has 1 amide bonds. The number of ether oxygens (including phenoxy) is 1. The zero-order valence-corrected chi connectivity index (χ0v) is 12.7. The first-order chi connectivity index (χ1) is 8.84. The summed E-state index contributed by atoms with van der Waals surface area (Å²) in [6, 6.07) is 2.07. The topological polar surface area (TPSA) is 55.6 Å². The van der Waals surface area contributed by atoms with Gasteiger partial charge in [0.1, 0.15) is 5.75 Å². The summed E-state index contributed by atoms with van der Waals surface area (Å²) in [5, 5.41) is 0. The largest absolute Gasteiger partial charge is 0.494 e. The minimum atomic E-state index is -0.198. The lowest BCUT2D eigenvalue weighted by Gasteiger charge is -2.26. The number of carbonyl (C=O) groups excluding carboxylic acids is 1. The Morgan fingerprint density at radius 3 is 2.42 bits per heavy atom. The van der Waals surface area contributed by atoms with E-state index >= 15 is 0 Å². The molecule has 1 unspecified atom stereocenters. The lowest BCUT2D eigenvalue weighted by Crippen LogP contribution is -2.35. The van der Waals surface area contributed by atoms with Crippen molar-refractivity contribution in [3.8, 4) is 5.75 Å². The molecule has 0 aliphatic heterocycles. The van der Waals surface area contributed by atoms with Gasteiger partial charge in [-0.2, -0.15) is 0 Å². The lowest BCUT2D eigenvalue weighted by molar-refractivity contribution is -0.121. The highest BCUT2D eigenvalue weighted by molar-refractivity contribution is 5.97. The van der Waals surface area contributed by atoms with Crippen LogP contribution in [-0.2, 0) is 4.79 Å². The zero-order chi connectivity index (χ0) is 14.7. The summed E-state index contributed by atoms with van der Waals surface area (Å²) in [4.78, 5) is 13.9. The van der Waals surface area contributed by atoms with Crippen LogP contribution in [0.5, 0.6) is 5.75 Å². The molecule has 4 heteroatoms. The Hall–Kier alpha value is -1.55. The number of methoxy groups -OCH3 is 1. The van der Waals surface area contributed by atoms with E-state index in [2.05, 4.69) is 6.07 Å². The molecule has 1 atom stereocenters. The third kappa shape index (κ3) is 2.89. The summed E-state index contributed by atoms with van der Waals surface area (Å²) in [6.07, 6.45) is 0. The highest BCUT2D eigenvalue weighted by Crippen LogP contribution is 2.36. The van der Waals surface area contributed by atoms with Crippen LogP contribution in [0.2, 0.25) is 0 Å². The van der Waals surface area contributed by atoms with Gasteiger partial charge in [-0.25, -0.2) is 0 Å². The van der Waals surface area contributed by atoms with E-state index in [4.69, 9.17) is 10.5 Å². The van der Waals surface area contributed by atoms with Crippen molar-refractivity contribution in [1.29, 1.82) is 0 Å². The number of rotatable bonds is 4. The fourth-order valence-electron chi connectivity index (χ4n) is 2.25. The Labute approximate surface area is 115 Å². The Morgan fingerprint density at radius 2 is 1.95 bits per heavy atom. The fraction of sp³-hybridized carbons (Fsp3) is 0.533. The summed E-state index contributed by atoms with van der Waals surface area (Å²) in [7, 11) is 3.41. The molecule has 1 rings (SSSR count). The maximum atomic E-state index is 12.3. The van der Waals surface area contributed by atoms with E-state index in [1.165, 1.54) is 0 Å². The van der Waals surface area contributed by atoms with E-state index < -0.39 is 0 Å². The number of aryl methyl sites for hydroxylation is 2. The Bertz CT molecular complexity index is 484. The fourth-order valence-corrected chi connectivity index (χ4v) is 2.25. The Morgan fingerprint density at radius 1 is 1.37 bits per heavy atom. The lowest BCUT2D eigenvalue weighted by atomic mass is 10.0. The molecule has 106 valence electrons. The third-order valence-corrected chi connectivity index (χ3v) is 3.60.